The Balaban J connectivity index is -0.00000000167. The van der Waals surface area contributed by atoms with Gasteiger partial charge in [0.05, 0.1) is 0 Å². The van der Waals surface area contributed by atoms with Gasteiger partial charge in [0.15, 0.2) is 0 Å². The molecule has 5 heteroatoms. The summed E-state index contributed by atoms with van der Waals surface area (Å²) in [7, 11) is 0. The SMILES string of the molecule is [La].[LiH].[LiH].[O]=[Zr]. The van der Waals surface area contributed by atoms with E-state index in [4.69, 9.17) is 2.81 Å². The van der Waals surface area contributed by atoms with Gasteiger partial charge < -0.3 is 0 Å². The molecule has 0 aliphatic carbocycles. The second-order valence-corrected chi connectivity index (χ2v) is 0. The van der Waals surface area contributed by atoms with E-state index in [2.05, 4.69) is 0 Å². The van der Waals surface area contributed by atoms with E-state index in [9.17, 15) is 0 Å². The molecule has 0 aromatic heterocycles. The summed E-state index contributed by atoms with van der Waals surface area (Å²) in [5.74, 6) is 0. The normalized spacial score (nSPS) is 0.600. The Kier molecular flexibility index (Phi) is 135. The van der Waals surface area contributed by atoms with E-state index in [0.29, 0.717) is 24.7 Å². The molecule has 0 aromatic rings. The minimum absolute atomic E-state index is 0. The van der Waals surface area contributed by atoms with Crippen LogP contribution < -0.4 is 0 Å². The van der Waals surface area contributed by atoms with Gasteiger partial charge >= 0.3 is 65.3 Å². The molecule has 0 saturated heterocycles. The van der Waals surface area contributed by atoms with Crippen molar-refractivity contribution in [3.8, 4) is 0 Å². The van der Waals surface area contributed by atoms with Gasteiger partial charge in [-0.3, -0.25) is 0 Å². The molecule has 0 saturated carbocycles. The van der Waals surface area contributed by atoms with Crippen molar-refractivity contribution in [3.63, 3.8) is 0 Å². The zero-order valence-corrected chi connectivity index (χ0v) is 7.57. The Bertz CT molecular complexity index is 9.61. The third-order valence-corrected chi connectivity index (χ3v) is 0. The van der Waals surface area contributed by atoms with Crippen molar-refractivity contribution in [2.45, 2.75) is 0 Å². The summed E-state index contributed by atoms with van der Waals surface area (Å²) >= 11 is 0.300. The molecule has 0 heterocycles. The molecule has 1 nitrogen and oxygen atoms in total. The van der Waals surface area contributed by atoms with E-state index in [1.165, 1.54) is 0 Å². The monoisotopic (exact) mass is 261 g/mol. The maximum absolute atomic E-state index is 8.34. The second-order valence-electron chi connectivity index (χ2n) is 0. The van der Waals surface area contributed by atoms with Crippen molar-refractivity contribution < 1.29 is 63.1 Å². The van der Waals surface area contributed by atoms with Crippen LogP contribution in [0.2, 0.25) is 0 Å². The summed E-state index contributed by atoms with van der Waals surface area (Å²) in [6.45, 7) is 0. The minimum atomic E-state index is 0. The fourth-order valence-electron chi connectivity index (χ4n) is 0. The Morgan fingerprint density at radius 2 is 1.00 bits per heavy atom. The van der Waals surface area contributed by atoms with Crippen molar-refractivity contribution in [1.82, 2.24) is 0 Å². The van der Waals surface area contributed by atoms with E-state index in [-0.39, 0.29) is 73.3 Å². The van der Waals surface area contributed by atoms with Gasteiger partial charge in [-0.05, 0) is 0 Å². The molecular formula is H2LaLi2OZr. The number of rotatable bonds is 0. The summed E-state index contributed by atoms with van der Waals surface area (Å²) in [5.41, 5.74) is 0. The summed E-state index contributed by atoms with van der Waals surface area (Å²) in [5, 5.41) is 0. The summed E-state index contributed by atoms with van der Waals surface area (Å²) < 4.78 is 8.34. The van der Waals surface area contributed by atoms with Crippen molar-refractivity contribution in [2.75, 3.05) is 0 Å². The molecule has 0 atom stereocenters. The molecule has 0 aliphatic heterocycles. The van der Waals surface area contributed by atoms with Crippen molar-refractivity contribution in [3.05, 3.63) is 0 Å². The average molecular weight is 262 g/mol. The Morgan fingerprint density at radius 1 is 1.00 bits per heavy atom. The molecule has 0 aliphatic rings. The topological polar surface area (TPSA) is 17.1 Å². The van der Waals surface area contributed by atoms with Crippen LogP contribution in [0.15, 0.2) is 0 Å². The first-order chi connectivity index (χ1) is 1.00. The predicted molar refractivity (Wildman–Crippen MR) is 15.0 cm³/mol. The summed E-state index contributed by atoms with van der Waals surface area (Å²) in [6.07, 6.45) is 0. The molecule has 0 aromatic carbocycles. The van der Waals surface area contributed by atoms with E-state index < -0.39 is 0 Å². The van der Waals surface area contributed by atoms with Gasteiger partial charge in [0.25, 0.3) is 0 Å². The molecule has 0 amide bonds. The van der Waals surface area contributed by atoms with Crippen LogP contribution in [-0.4, -0.2) is 37.7 Å². The van der Waals surface area contributed by atoms with Crippen LogP contribution in [-0.2, 0) is 27.5 Å². The van der Waals surface area contributed by atoms with Crippen LogP contribution >= 0.6 is 0 Å². The maximum atomic E-state index is 8.34. The van der Waals surface area contributed by atoms with Gasteiger partial charge in [-0.15, -0.1) is 0 Å². The van der Waals surface area contributed by atoms with Gasteiger partial charge in [-0.25, -0.2) is 0 Å². The molecule has 0 unspecified atom stereocenters. The zero-order chi connectivity index (χ0) is 2.00. The third-order valence-electron chi connectivity index (χ3n) is 0. The van der Waals surface area contributed by atoms with E-state index in [1.54, 1.807) is 0 Å². The van der Waals surface area contributed by atoms with Crippen LogP contribution in [0.5, 0.6) is 0 Å². The molecule has 0 rings (SSSR count). The van der Waals surface area contributed by atoms with Crippen LogP contribution in [0.4, 0.5) is 0 Å². The van der Waals surface area contributed by atoms with Gasteiger partial charge in [-0.1, -0.05) is 0 Å². The standard InChI is InChI=1S/La.2Li.O.Zr.2H. The van der Waals surface area contributed by atoms with Crippen molar-refractivity contribution >= 4 is 37.7 Å². The first-order valence-electron chi connectivity index (χ1n) is 0.204. The summed E-state index contributed by atoms with van der Waals surface area (Å²) in [4.78, 5) is 0. The molecule has 0 spiro atoms. The molecular weight excluding hydrogens is 260 g/mol. The Hall–Kier alpha value is 3.07. The van der Waals surface area contributed by atoms with Gasteiger partial charge in [0.2, 0.25) is 0 Å². The van der Waals surface area contributed by atoms with Gasteiger partial charge in [-0.2, -0.15) is 0 Å². The Labute approximate surface area is 98.7 Å². The van der Waals surface area contributed by atoms with E-state index >= 15 is 0 Å². The first kappa shape index (κ1) is 24.3. The van der Waals surface area contributed by atoms with Gasteiger partial charge in [0, 0.05) is 35.6 Å². The van der Waals surface area contributed by atoms with Crippen LogP contribution in [0.25, 0.3) is 0 Å². The molecule has 0 fully saturated rings. The Morgan fingerprint density at radius 3 is 1.00 bits per heavy atom. The number of hydrogen-bond donors (Lipinski definition) is 0. The number of hydrogen-bond acceptors (Lipinski definition) is 1. The molecule has 0 bridgehead atoms. The van der Waals surface area contributed by atoms with Gasteiger partial charge in [0.1, 0.15) is 0 Å². The fraction of sp³-hybridized carbons (Fsp3) is 0. The van der Waals surface area contributed by atoms with Crippen molar-refractivity contribution in [2.24, 2.45) is 0 Å². The zero-order valence-electron chi connectivity index (χ0n) is 1.49. The van der Waals surface area contributed by atoms with Crippen molar-refractivity contribution in [1.29, 1.82) is 0 Å². The molecule has 5 heavy (non-hydrogen) atoms. The van der Waals surface area contributed by atoms with Crippen LogP contribution in [0.3, 0.4) is 0 Å². The molecule has 1 radical (unpaired) electrons. The van der Waals surface area contributed by atoms with E-state index in [0.717, 1.165) is 0 Å². The second kappa shape index (κ2) is 27.6. The average Bonchev–Trinajstić information content (AvgIpc) is 1.00. The van der Waals surface area contributed by atoms with E-state index in [1.807, 2.05) is 0 Å². The predicted octanol–water partition coefficient (Wildman–Crippen LogP) is -1.42. The fourth-order valence-corrected chi connectivity index (χ4v) is 0. The van der Waals surface area contributed by atoms with Crippen LogP contribution in [0, 0.1) is 35.6 Å². The third kappa shape index (κ3) is 19.3. The van der Waals surface area contributed by atoms with Crippen LogP contribution in [0.1, 0.15) is 0 Å². The first-order valence-corrected chi connectivity index (χ1v) is 1.21. The quantitative estimate of drug-likeness (QED) is 0.490. The summed E-state index contributed by atoms with van der Waals surface area (Å²) in [6, 6.07) is 0. The molecule has 0 N–H and O–H groups in total. The molecule has 17 valence electrons.